The van der Waals surface area contributed by atoms with Crippen LogP contribution in [0.2, 0.25) is 0 Å². The van der Waals surface area contributed by atoms with Gasteiger partial charge in [-0.3, -0.25) is 4.79 Å². The first-order chi connectivity index (χ1) is 7.41. The van der Waals surface area contributed by atoms with Gasteiger partial charge in [0.05, 0.1) is 0 Å². The summed E-state index contributed by atoms with van der Waals surface area (Å²) in [4.78, 5) is 9.96. The Morgan fingerprint density at radius 1 is 0.800 bits per heavy atom. The average molecular weight is 208 g/mol. The van der Waals surface area contributed by atoms with E-state index in [1.54, 1.807) is 6.08 Å². The predicted molar refractivity (Wildman–Crippen MR) is 67.0 cm³/mol. The zero-order valence-electron chi connectivity index (χ0n) is 9.95. The van der Waals surface area contributed by atoms with Crippen LogP contribution in [0.25, 0.3) is 0 Å². The second-order valence-corrected chi connectivity index (χ2v) is 3.82. The van der Waals surface area contributed by atoms with E-state index in [4.69, 9.17) is 0 Å². The zero-order chi connectivity index (χ0) is 11.2. The molecule has 0 aliphatic carbocycles. The molecular weight excluding hydrogens is 184 g/mol. The van der Waals surface area contributed by atoms with Crippen molar-refractivity contribution in [3.05, 3.63) is 24.3 Å². The summed E-state index contributed by atoms with van der Waals surface area (Å²) in [6, 6.07) is 0. The number of carbonyl (C=O) groups is 1. The summed E-state index contributed by atoms with van der Waals surface area (Å²) in [5, 5.41) is 0. The van der Waals surface area contributed by atoms with Crippen molar-refractivity contribution in [1.29, 1.82) is 0 Å². The van der Waals surface area contributed by atoms with Crippen molar-refractivity contribution in [3.63, 3.8) is 0 Å². The Labute approximate surface area is 94.3 Å². The Bertz CT molecular complexity index is 180. The summed E-state index contributed by atoms with van der Waals surface area (Å²) >= 11 is 0. The molecule has 0 atom stereocenters. The molecule has 0 saturated heterocycles. The molecule has 0 aliphatic heterocycles. The highest BCUT2D eigenvalue weighted by atomic mass is 16.1. The highest BCUT2D eigenvalue weighted by molar-refractivity contribution is 5.64. The van der Waals surface area contributed by atoms with Gasteiger partial charge in [-0.25, -0.2) is 0 Å². The van der Waals surface area contributed by atoms with Crippen LogP contribution < -0.4 is 0 Å². The van der Waals surface area contributed by atoms with E-state index >= 15 is 0 Å². The fourth-order valence-corrected chi connectivity index (χ4v) is 1.43. The van der Waals surface area contributed by atoms with E-state index in [1.165, 1.54) is 32.1 Å². The summed E-state index contributed by atoms with van der Waals surface area (Å²) < 4.78 is 0. The van der Waals surface area contributed by atoms with Gasteiger partial charge in [0.15, 0.2) is 0 Å². The Balaban J connectivity index is 3.10. The molecule has 0 aromatic carbocycles. The predicted octanol–water partition coefficient (Wildman–Crippen LogP) is 4.44. The Kier molecular flexibility index (Phi) is 12.4. The largest absolute Gasteiger partial charge is 0.299 e. The fourth-order valence-electron chi connectivity index (χ4n) is 1.43. The lowest BCUT2D eigenvalue weighted by Gasteiger charge is -1.94. The van der Waals surface area contributed by atoms with Crippen LogP contribution in [0.4, 0.5) is 0 Å². The first-order valence-electron chi connectivity index (χ1n) is 6.17. The van der Waals surface area contributed by atoms with Crippen molar-refractivity contribution in [2.45, 2.75) is 58.3 Å². The lowest BCUT2D eigenvalue weighted by atomic mass is 10.1. The summed E-state index contributed by atoms with van der Waals surface area (Å²) in [5.74, 6) is 0. The summed E-state index contributed by atoms with van der Waals surface area (Å²) in [6.07, 6.45) is 18.8. The smallest absolute Gasteiger partial charge is 0.142 e. The van der Waals surface area contributed by atoms with Crippen LogP contribution >= 0.6 is 0 Å². The van der Waals surface area contributed by atoms with Crippen molar-refractivity contribution < 1.29 is 4.79 Å². The molecule has 0 amide bonds. The van der Waals surface area contributed by atoms with Crippen molar-refractivity contribution in [3.8, 4) is 0 Å². The molecule has 0 radical (unpaired) electrons. The number of hydrogen-bond donors (Lipinski definition) is 0. The van der Waals surface area contributed by atoms with Gasteiger partial charge in [0.2, 0.25) is 0 Å². The molecule has 0 N–H and O–H groups in total. The van der Waals surface area contributed by atoms with Gasteiger partial charge in [-0.2, -0.15) is 0 Å². The van der Waals surface area contributed by atoms with Crippen LogP contribution in [0.3, 0.4) is 0 Å². The lowest BCUT2D eigenvalue weighted by Crippen LogP contribution is -1.74. The average Bonchev–Trinajstić information content (AvgIpc) is 2.26. The van der Waals surface area contributed by atoms with E-state index in [9.17, 15) is 4.79 Å². The van der Waals surface area contributed by atoms with Crippen LogP contribution in [0.15, 0.2) is 24.3 Å². The van der Waals surface area contributed by atoms with Gasteiger partial charge in [0, 0.05) is 0 Å². The molecule has 0 fully saturated rings. The molecule has 0 bridgehead atoms. The van der Waals surface area contributed by atoms with Gasteiger partial charge in [0.25, 0.3) is 0 Å². The zero-order valence-corrected chi connectivity index (χ0v) is 9.95. The molecule has 0 unspecified atom stereocenters. The Hall–Kier alpha value is -0.850. The summed E-state index contributed by atoms with van der Waals surface area (Å²) in [6.45, 7) is 2.24. The number of allylic oxidation sites excluding steroid dienone is 4. The SMILES string of the molecule is CCCCCC/C=C/CCC/C=C\C=O. The van der Waals surface area contributed by atoms with Crippen molar-refractivity contribution in [1.82, 2.24) is 0 Å². The molecule has 0 rings (SSSR count). The van der Waals surface area contributed by atoms with E-state index in [0.29, 0.717) is 0 Å². The monoisotopic (exact) mass is 208 g/mol. The number of carbonyl (C=O) groups excluding carboxylic acids is 1. The van der Waals surface area contributed by atoms with Crippen LogP contribution in [-0.4, -0.2) is 6.29 Å². The molecular formula is C14H24O. The molecule has 0 spiro atoms. The molecule has 0 aromatic heterocycles. The van der Waals surface area contributed by atoms with Crippen LogP contribution in [0, 0.1) is 0 Å². The van der Waals surface area contributed by atoms with Gasteiger partial charge in [0.1, 0.15) is 6.29 Å². The highest BCUT2D eigenvalue weighted by Gasteiger charge is 1.84. The van der Waals surface area contributed by atoms with Crippen LogP contribution in [0.5, 0.6) is 0 Å². The highest BCUT2D eigenvalue weighted by Crippen LogP contribution is 2.04. The van der Waals surface area contributed by atoms with Crippen LogP contribution in [0.1, 0.15) is 58.3 Å². The van der Waals surface area contributed by atoms with Gasteiger partial charge >= 0.3 is 0 Å². The number of unbranched alkanes of at least 4 members (excludes halogenated alkanes) is 6. The van der Waals surface area contributed by atoms with Crippen molar-refractivity contribution in [2.75, 3.05) is 0 Å². The molecule has 86 valence electrons. The topological polar surface area (TPSA) is 17.1 Å². The molecule has 0 saturated carbocycles. The summed E-state index contributed by atoms with van der Waals surface area (Å²) in [7, 11) is 0. The minimum atomic E-state index is 0.837. The fraction of sp³-hybridized carbons (Fsp3) is 0.643. The first-order valence-corrected chi connectivity index (χ1v) is 6.17. The minimum Gasteiger partial charge on any atom is -0.299 e. The minimum absolute atomic E-state index is 0.837. The molecule has 0 heterocycles. The number of aldehydes is 1. The maximum atomic E-state index is 9.96. The number of rotatable bonds is 10. The van der Waals surface area contributed by atoms with Gasteiger partial charge in [-0.15, -0.1) is 0 Å². The van der Waals surface area contributed by atoms with Crippen LogP contribution in [-0.2, 0) is 4.79 Å². The second kappa shape index (κ2) is 13.2. The van der Waals surface area contributed by atoms with Gasteiger partial charge < -0.3 is 0 Å². The first kappa shape index (κ1) is 14.2. The molecule has 1 heteroatoms. The maximum Gasteiger partial charge on any atom is 0.142 e. The quantitative estimate of drug-likeness (QED) is 0.224. The van der Waals surface area contributed by atoms with Crippen molar-refractivity contribution >= 4 is 6.29 Å². The standard InChI is InChI=1S/C14H24O/c1-2-3-4-5-6-7-8-9-10-11-12-13-14-15/h7-8,12-14H,2-6,9-11H2,1H3/b8-7+,13-12-. The molecule has 0 aliphatic rings. The van der Waals surface area contributed by atoms with Gasteiger partial charge in [-0.05, 0) is 38.2 Å². The molecule has 15 heavy (non-hydrogen) atoms. The van der Waals surface area contributed by atoms with E-state index in [1.807, 2.05) is 6.08 Å². The second-order valence-electron chi connectivity index (χ2n) is 3.82. The third-order valence-corrected chi connectivity index (χ3v) is 2.35. The molecule has 1 nitrogen and oxygen atoms in total. The third-order valence-electron chi connectivity index (χ3n) is 2.35. The Morgan fingerprint density at radius 3 is 2.13 bits per heavy atom. The maximum absolute atomic E-state index is 9.96. The molecule has 0 aromatic rings. The van der Waals surface area contributed by atoms with Gasteiger partial charge in [-0.1, -0.05) is 44.4 Å². The normalized spacial score (nSPS) is 11.5. The lowest BCUT2D eigenvalue weighted by molar-refractivity contribution is -0.104. The van der Waals surface area contributed by atoms with E-state index in [2.05, 4.69) is 19.1 Å². The third kappa shape index (κ3) is 13.2. The summed E-state index contributed by atoms with van der Waals surface area (Å²) in [5.41, 5.74) is 0. The van der Waals surface area contributed by atoms with E-state index in [0.717, 1.165) is 25.5 Å². The van der Waals surface area contributed by atoms with E-state index < -0.39 is 0 Å². The Morgan fingerprint density at radius 2 is 1.47 bits per heavy atom. The van der Waals surface area contributed by atoms with E-state index in [-0.39, 0.29) is 0 Å². The number of hydrogen-bond acceptors (Lipinski definition) is 1. The van der Waals surface area contributed by atoms with Crippen molar-refractivity contribution in [2.24, 2.45) is 0 Å².